The Balaban J connectivity index is 2.45. The van der Waals surface area contributed by atoms with Crippen LogP contribution in [0.25, 0.3) is 0 Å². The van der Waals surface area contributed by atoms with E-state index < -0.39 is 0 Å². The van der Waals surface area contributed by atoms with Crippen molar-refractivity contribution >= 4 is 21.8 Å². The Labute approximate surface area is 110 Å². The van der Waals surface area contributed by atoms with Gasteiger partial charge in [-0.1, -0.05) is 15.9 Å². The van der Waals surface area contributed by atoms with Crippen LogP contribution in [0, 0.1) is 13.8 Å². The van der Waals surface area contributed by atoms with Crippen LogP contribution in [0.3, 0.4) is 0 Å². The van der Waals surface area contributed by atoms with Gasteiger partial charge in [0.2, 0.25) is 5.91 Å². The highest BCUT2D eigenvalue weighted by atomic mass is 79.9. The SMILES string of the molecule is Cc1cc(OCCCC(=O)NN)cc(C)c1Br. The van der Waals surface area contributed by atoms with Crippen molar-refractivity contribution in [2.24, 2.45) is 5.84 Å². The van der Waals surface area contributed by atoms with Gasteiger partial charge in [-0.05, 0) is 43.5 Å². The van der Waals surface area contributed by atoms with Crippen LogP contribution in [0.1, 0.15) is 24.0 Å². The Kier molecular flexibility index (Phi) is 5.44. The van der Waals surface area contributed by atoms with Crippen LogP contribution in [0.4, 0.5) is 0 Å². The van der Waals surface area contributed by atoms with E-state index in [0.29, 0.717) is 19.4 Å². The Morgan fingerprint density at radius 2 is 2.00 bits per heavy atom. The fraction of sp³-hybridized carbons (Fsp3) is 0.417. The first-order chi connectivity index (χ1) is 8.04. The van der Waals surface area contributed by atoms with Gasteiger partial charge in [-0.25, -0.2) is 5.84 Å². The minimum atomic E-state index is -0.170. The lowest BCUT2D eigenvalue weighted by Gasteiger charge is -2.09. The molecule has 0 aliphatic heterocycles. The Bertz CT molecular complexity index is 384. The maximum Gasteiger partial charge on any atom is 0.234 e. The fourth-order valence-electron chi connectivity index (χ4n) is 1.48. The molecule has 0 aliphatic carbocycles. The molecule has 0 heterocycles. The number of nitrogens with one attached hydrogen (secondary N) is 1. The predicted octanol–water partition coefficient (Wildman–Crippen LogP) is 2.21. The number of ether oxygens (including phenoxy) is 1. The average molecular weight is 301 g/mol. The van der Waals surface area contributed by atoms with E-state index in [4.69, 9.17) is 10.6 Å². The molecule has 0 aliphatic rings. The second kappa shape index (κ2) is 6.61. The number of amides is 1. The van der Waals surface area contributed by atoms with Gasteiger partial charge in [-0.15, -0.1) is 0 Å². The molecule has 1 amide bonds. The van der Waals surface area contributed by atoms with E-state index in [-0.39, 0.29) is 5.91 Å². The number of halogens is 1. The number of hydrogen-bond acceptors (Lipinski definition) is 3. The maximum absolute atomic E-state index is 10.9. The van der Waals surface area contributed by atoms with E-state index in [0.717, 1.165) is 21.3 Å². The van der Waals surface area contributed by atoms with E-state index in [1.54, 1.807) is 0 Å². The van der Waals surface area contributed by atoms with Gasteiger partial charge in [0.25, 0.3) is 0 Å². The summed E-state index contributed by atoms with van der Waals surface area (Å²) in [7, 11) is 0. The largest absolute Gasteiger partial charge is 0.494 e. The van der Waals surface area contributed by atoms with E-state index in [1.807, 2.05) is 26.0 Å². The molecule has 0 saturated heterocycles. The van der Waals surface area contributed by atoms with Gasteiger partial charge >= 0.3 is 0 Å². The third-order valence-corrected chi connectivity index (χ3v) is 3.64. The summed E-state index contributed by atoms with van der Waals surface area (Å²) in [4.78, 5) is 10.9. The van der Waals surface area contributed by atoms with Crippen LogP contribution in [0.5, 0.6) is 5.75 Å². The third-order valence-electron chi connectivity index (χ3n) is 2.39. The van der Waals surface area contributed by atoms with E-state index in [1.165, 1.54) is 0 Å². The predicted molar refractivity (Wildman–Crippen MR) is 70.7 cm³/mol. The summed E-state index contributed by atoms with van der Waals surface area (Å²) in [6.45, 7) is 4.55. The quantitative estimate of drug-likeness (QED) is 0.379. The maximum atomic E-state index is 10.9. The van der Waals surface area contributed by atoms with E-state index >= 15 is 0 Å². The summed E-state index contributed by atoms with van der Waals surface area (Å²) in [6.07, 6.45) is 1.03. The molecule has 1 rings (SSSR count). The topological polar surface area (TPSA) is 64.3 Å². The van der Waals surface area contributed by atoms with Crippen LogP contribution in [0.15, 0.2) is 16.6 Å². The molecule has 1 aromatic rings. The molecule has 0 atom stereocenters. The Hall–Kier alpha value is -1.07. The summed E-state index contributed by atoms with van der Waals surface area (Å²) in [5, 5.41) is 0. The lowest BCUT2D eigenvalue weighted by atomic mass is 10.1. The molecule has 3 N–H and O–H groups in total. The zero-order valence-electron chi connectivity index (χ0n) is 10.0. The molecule has 94 valence electrons. The van der Waals surface area contributed by atoms with Gasteiger partial charge in [-0.2, -0.15) is 0 Å². The summed E-state index contributed by atoms with van der Waals surface area (Å²) >= 11 is 3.50. The van der Waals surface area contributed by atoms with Crippen molar-refractivity contribution in [2.45, 2.75) is 26.7 Å². The molecule has 0 fully saturated rings. The standard InChI is InChI=1S/C12H17BrN2O2/c1-8-6-10(7-9(2)12(8)13)17-5-3-4-11(16)15-14/h6-7H,3-5,14H2,1-2H3,(H,15,16). The minimum absolute atomic E-state index is 0.170. The van der Waals surface area contributed by atoms with Crippen LogP contribution in [-0.4, -0.2) is 12.5 Å². The molecule has 0 aromatic heterocycles. The smallest absolute Gasteiger partial charge is 0.234 e. The molecule has 5 heteroatoms. The second-order valence-electron chi connectivity index (χ2n) is 3.89. The minimum Gasteiger partial charge on any atom is -0.494 e. The second-order valence-corrected chi connectivity index (χ2v) is 4.68. The van der Waals surface area contributed by atoms with Crippen molar-refractivity contribution in [1.82, 2.24) is 5.43 Å². The summed E-state index contributed by atoms with van der Waals surface area (Å²) in [6, 6.07) is 3.94. The van der Waals surface area contributed by atoms with Crippen molar-refractivity contribution < 1.29 is 9.53 Å². The number of benzene rings is 1. The number of carbonyl (C=O) groups excluding carboxylic acids is 1. The van der Waals surface area contributed by atoms with Crippen LogP contribution in [-0.2, 0) is 4.79 Å². The number of aryl methyl sites for hydroxylation is 2. The highest BCUT2D eigenvalue weighted by Crippen LogP contribution is 2.26. The third kappa shape index (κ3) is 4.36. The molecule has 0 radical (unpaired) electrons. The average Bonchev–Trinajstić information content (AvgIpc) is 2.31. The first kappa shape index (κ1) is 14.0. The van der Waals surface area contributed by atoms with Gasteiger partial charge in [-0.3, -0.25) is 10.2 Å². The monoisotopic (exact) mass is 300 g/mol. The summed E-state index contributed by atoms with van der Waals surface area (Å²) < 4.78 is 6.68. The van der Waals surface area contributed by atoms with Crippen LogP contribution in [0.2, 0.25) is 0 Å². The highest BCUT2D eigenvalue weighted by Gasteiger charge is 2.03. The Morgan fingerprint density at radius 3 is 2.53 bits per heavy atom. The van der Waals surface area contributed by atoms with Gasteiger partial charge < -0.3 is 4.74 Å². The van der Waals surface area contributed by atoms with Gasteiger partial charge in [0, 0.05) is 10.9 Å². The van der Waals surface area contributed by atoms with Crippen molar-refractivity contribution in [3.8, 4) is 5.75 Å². The molecule has 1 aromatic carbocycles. The number of hydrogen-bond donors (Lipinski definition) is 2. The zero-order chi connectivity index (χ0) is 12.8. The van der Waals surface area contributed by atoms with E-state index in [2.05, 4.69) is 21.4 Å². The Morgan fingerprint density at radius 1 is 1.41 bits per heavy atom. The number of rotatable bonds is 5. The zero-order valence-corrected chi connectivity index (χ0v) is 11.6. The normalized spacial score (nSPS) is 10.1. The number of carbonyl (C=O) groups is 1. The molecule has 0 unspecified atom stereocenters. The van der Waals surface area contributed by atoms with Crippen molar-refractivity contribution in [3.63, 3.8) is 0 Å². The molecule has 0 saturated carbocycles. The molecule has 0 spiro atoms. The molecular weight excluding hydrogens is 284 g/mol. The van der Waals surface area contributed by atoms with E-state index in [9.17, 15) is 4.79 Å². The number of nitrogens with two attached hydrogens (primary N) is 1. The molecule has 4 nitrogen and oxygen atoms in total. The van der Waals surface area contributed by atoms with Crippen molar-refractivity contribution in [1.29, 1.82) is 0 Å². The van der Waals surface area contributed by atoms with Crippen molar-refractivity contribution in [2.75, 3.05) is 6.61 Å². The van der Waals surface area contributed by atoms with Gasteiger partial charge in [0.05, 0.1) is 6.61 Å². The molecule has 17 heavy (non-hydrogen) atoms. The number of hydrazine groups is 1. The lowest BCUT2D eigenvalue weighted by Crippen LogP contribution is -2.29. The summed E-state index contributed by atoms with van der Waals surface area (Å²) in [5.74, 6) is 5.64. The fourth-order valence-corrected chi connectivity index (χ4v) is 1.71. The van der Waals surface area contributed by atoms with Gasteiger partial charge in [0.15, 0.2) is 0 Å². The highest BCUT2D eigenvalue weighted by molar-refractivity contribution is 9.10. The van der Waals surface area contributed by atoms with Gasteiger partial charge in [0.1, 0.15) is 5.75 Å². The van der Waals surface area contributed by atoms with Crippen molar-refractivity contribution in [3.05, 3.63) is 27.7 Å². The lowest BCUT2D eigenvalue weighted by molar-refractivity contribution is -0.121. The first-order valence-electron chi connectivity index (χ1n) is 5.43. The van der Waals surface area contributed by atoms with Crippen LogP contribution >= 0.6 is 15.9 Å². The molecular formula is C12H17BrN2O2. The first-order valence-corrected chi connectivity index (χ1v) is 6.23. The van der Waals surface area contributed by atoms with Crippen LogP contribution < -0.4 is 16.0 Å². The summed E-state index contributed by atoms with van der Waals surface area (Å²) in [5.41, 5.74) is 4.37. The molecule has 0 bridgehead atoms.